The zero-order valence-corrected chi connectivity index (χ0v) is 13.4. The Hall–Kier alpha value is -2.06. The van der Waals surface area contributed by atoms with Crippen LogP contribution in [-0.4, -0.2) is 38.8 Å². The van der Waals surface area contributed by atoms with Crippen LogP contribution in [0.25, 0.3) is 0 Å². The van der Waals surface area contributed by atoms with Crippen molar-refractivity contribution in [3.63, 3.8) is 0 Å². The molecular formula is C15H14ClF2N3O3. The molecule has 0 radical (unpaired) electrons. The van der Waals surface area contributed by atoms with Gasteiger partial charge in [-0.25, -0.2) is 8.78 Å². The number of carbonyl (C=O) groups is 1. The number of nitrogens with zero attached hydrogens (tertiary/aromatic N) is 3. The number of benzene rings is 1. The van der Waals surface area contributed by atoms with Crippen LogP contribution in [0.15, 0.2) is 16.5 Å². The molecule has 1 aromatic heterocycles. The average molecular weight is 358 g/mol. The van der Waals surface area contributed by atoms with Gasteiger partial charge in [0.05, 0.1) is 16.7 Å². The molecule has 2 heterocycles. The van der Waals surface area contributed by atoms with E-state index in [1.54, 1.807) is 0 Å². The van der Waals surface area contributed by atoms with E-state index in [-0.39, 0.29) is 29.4 Å². The Kier molecular flexibility index (Phi) is 4.51. The molecule has 1 saturated heterocycles. The molecule has 2 atom stereocenters. The summed E-state index contributed by atoms with van der Waals surface area (Å²) in [5, 5.41) is 17.4. The van der Waals surface area contributed by atoms with Gasteiger partial charge >= 0.3 is 0 Å². The fourth-order valence-electron chi connectivity index (χ4n) is 2.66. The van der Waals surface area contributed by atoms with E-state index in [1.807, 2.05) is 6.92 Å². The van der Waals surface area contributed by atoms with E-state index in [2.05, 4.69) is 10.2 Å². The minimum absolute atomic E-state index is 0.00264. The summed E-state index contributed by atoms with van der Waals surface area (Å²) in [5.74, 6) is -2.36. The molecule has 0 saturated carbocycles. The highest BCUT2D eigenvalue weighted by molar-refractivity contribution is 6.33. The summed E-state index contributed by atoms with van der Waals surface area (Å²) in [5.41, 5.74) is -0.190. The highest BCUT2D eigenvalue weighted by Gasteiger charge is 2.39. The zero-order chi connectivity index (χ0) is 17.4. The summed E-state index contributed by atoms with van der Waals surface area (Å²) in [6.45, 7) is 1.84. The van der Waals surface area contributed by atoms with Crippen LogP contribution in [0.2, 0.25) is 5.02 Å². The van der Waals surface area contributed by atoms with Crippen molar-refractivity contribution in [3.8, 4) is 0 Å². The number of aliphatic hydroxyl groups excluding tert-OH is 1. The fourth-order valence-corrected chi connectivity index (χ4v) is 2.89. The van der Waals surface area contributed by atoms with Gasteiger partial charge in [0.25, 0.3) is 5.91 Å². The number of hydrogen-bond donors (Lipinski definition) is 1. The first-order chi connectivity index (χ1) is 11.4. The fraction of sp³-hybridized carbons (Fsp3) is 0.400. The van der Waals surface area contributed by atoms with Crippen LogP contribution in [0.1, 0.15) is 41.5 Å². The first-order valence-electron chi connectivity index (χ1n) is 7.36. The molecule has 9 heteroatoms. The molecule has 0 spiro atoms. The molecule has 1 N–H and O–H groups in total. The van der Waals surface area contributed by atoms with Gasteiger partial charge in [0.15, 0.2) is 11.6 Å². The highest BCUT2D eigenvalue weighted by atomic mass is 35.5. The summed E-state index contributed by atoms with van der Waals surface area (Å²) in [7, 11) is 0. The van der Waals surface area contributed by atoms with Crippen LogP contribution < -0.4 is 0 Å². The molecule has 0 bridgehead atoms. The Morgan fingerprint density at radius 2 is 2.12 bits per heavy atom. The molecular weight excluding hydrogens is 344 g/mol. The normalized spacial score (nSPS) is 20.6. The third-order valence-corrected chi connectivity index (χ3v) is 4.16. The molecule has 1 aliphatic heterocycles. The lowest BCUT2D eigenvalue weighted by molar-refractivity contribution is 0.0697. The lowest BCUT2D eigenvalue weighted by Crippen LogP contribution is -2.32. The Balaban J connectivity index is 1.94. The molecule has 3 rings (SSSR count). The largest absolute Gasteiger partial charge is 0.423 e. The second-order valence-corrected chi connectivity index (χ2v) is 5.90. The monoisotopic (exact) mass is 357 g/mol. The summed E-state index contributed by atoms with van der Waals surface area (Å²) in [6, 6.07) is 0.838. The number of likely N-dealkylation sites (tertiary alicyclic amines) is 1. The summed E-state index contributed by atoms with van der Waals surface area (Å²) < 4.78 is 32.1. The SMILES string of the molecule is CCc1nnc([C@H]2C[C@@H](O)CN2C(=O)c2cc(F)c(F)cc2Cl)o1. The number of aryl methyl sites for hydroxylation is 1. The van der Waals surface area contributed by atoms with E-state index in [1.165, 1.54) is 4.90 Å². The van der Waals surface area contributed by atoms with Gasteiger partial charge in [-0.05, 0) is 12.1 Å². The Morgan fingerprint density at radius 3 is 2.79 bits per heavy atom. The van der Waals surface area contributed by atoms with Gasteiger partial charge in [-0.15, -0.1) is 10.2 Å². The minimum atomic E-state index is -1.18. The van der Waals surface area contributed by atoms with Crippen molar-refractivity contribution in [1.29, 1.82) is 0 Å². The van der Waals surface area contributed by atoms with Crippen LogP contribution in [0, 0.1) is 11.6 Å². The predicted molar refractivity (Wildman–Crippen MR) is 79.4 cm³/mol. The van der Waals surface area contributed by atoms with E-state index in [0.717, 1.165) is 12.1 Å². The van der Waals surface area contributed by atoms with Crippen molar-refractivity contribution < 1.29 is 23.1 Å². The van der Waals surface area contributed by atoms with Crippen molar-refractivity contribution in [2.45, 2.75) is 31.9 Å². The van der Waals surface area contributed by atoms with E-state index >= 15 is 0 Å². The molecule has 2 aromatic rings. The van der Waals surface area contributed by atoms with Gasteiger partial charge in [-0.2, -0.15) is 0 Å². The van der Waals surface area contributed by atoms with E-state index in [0.29, 0.717) is 12.3 Å². The molecule has 1 aromatic carbocycles. The number of β-amino-alcohol motifs (C(OH)–C–C–N with tert-alkyl or cyclic N) is 1. The molecule has 0 aliphatic carbocycles. The second kappa shape index (κ2) is 6.45. The highest BCUT2D eigenvalue weighted by Crippen LogP contribution is 2.34. The zero-order valence-electron chi connectivity index (χ0n) is 12.7. The maximum atomic E-state index is 13.5. The molecule has 0 unspecified atom stereocenters. The first-order valence-corrected chi connectivity index (χ1v) is 7.74. The van der Waals surface area contributed by atoms with Crippen LogP contribution in [0.4, 0.5) is 8.78 Å². The van der Waals surface area contributed by atoms with E-state index < -0.39 is 29.7 Å². The first kappa shape index (κ1) is 16.8. The van der Waals surface area contributed by atoms with Crippen molar-refractivity contribution in [2.75, 3.05) is 6.54 Å². The minimum Gasteiger partial charge on any atom is -0.423 e. The van der Waals surface area contributed by atoms with Gasteiger partial charge in [0.2, 0.25) is 11.8 Å². The number of aromatic nitrogens is 2. The Labute approximate surface area is 141 Å². The molecule has 1 aliphatic rings. The molecule has 24 heavy (non-hydrogen) atoms. The summed E-state index contributed by atoms with van der Waals surface area (Å²) >= 11 is 5.86. The topological polar surface area (TPSA) is 79.5 Å². The van der Waals surface area contributed by atoms with Crippen LogP contribution >= 0.6 is 11.6 Å². The molecule has 1 amide bonds. The van der Waals surface area contributed by atoms with Crippen molar-refractivity contribution in [2.24, 2.45) is 0 Å². The Morgan fingerprint density at radius 1 is 1.42 bits per heavy atom. The van der Waals surface area contributed by atoms with Crippen molar-refractivity contribution >= 4 is 17.5 Å². The standard InChI is InChI=1S/C15H14ClF2N3O3/c1-2-13-19-20-14(24-13)12-3-7(22)6-21(12)15(23)8-4-10(17)11(18)5-9(8)16/h4-5,7,12,22H,2-3,6H2,1H3/t7-,12-/m1/s1. The average Bonchev–Trinajstić information content (AvgIpc) is 3.16. The maximum Gasteiger partial charge on any atom is 0.256 e. The number of halogens is 3. The summed E-state index contributed by atoms with van der Waals surface area (Å²) in [6.07, 6.45) is -0.0520. The van der Waals surface area contributed by atoms with Gasteiger partial charge < -0.3 is 14.4 Å². The lowest BCUT2D eigenvalue weighted by atomic mass is 10.1. The third-order valence-electron chi connectivity index (χ3n) is 3.85. The third kappa shape index (κ3) is 2.99. The predicted octanol–water partition coefficient (Wildman–Crippen LogP) is 2.51. The second-order valence-electron chi connectivity index (χ2n) is 5.50. The number of carbonyl (C=O) groups excluding carboxylic acids is 1. The van der Waals surface area contributed by atoms with E-state index in [9.17, 15) is 18.7 Å². The van der Waals surface area contributed by atoms with Gasteiger partial charge in [-0.3, -0.25) is 4.79 Å². The van der Waals surface area contributed by atoms with Gasteiger partial charge in [-0.1, -0.05) is 18.5 Å². The van der Waals surface area contributed by atoms with Crippen LogP contribution in [0.5, 0.6) is 0 Å². The van der Waals surface area contributed by atoms with E-state index in [4.69, 9.17) is 16.0 Å². The maximum absolute atomic E-state index is 13.5. The lowest BCUT2D eigenvalue weighted by Gasteiger charge is -2.22. The number of amides is 1. The van der Waals surface area contributed by atoms with Crippen LogP contribution in [0.3, 0.4) is 0 Å². The van der Waals surface area contributed by atoms with Crippen molar-refractivity contribution in [1.82, 2.24) is 15.1 Å². The van der Waals surface area contributed by atoms with Crippen LogP contribution in [-0.2, 0) is 6.42 Å². The molecule has 1 fully saturated rings. The molecule has 128 valence electrons. The smallest absolute Gasteiger partial charge is 0.256 e. The Bertz CT molecular complexity index is 783. The quantitative estimate of drug-likeness (QED) is 0.854. The van der Waals surface area contributed by atoms with Gasteiger partial charge in [0.1, 0.15) is 6.04 Å². The molecule has 6 nitrogen and oxygen atoms in total. The number of hydrogen-bond acceptors (Lipinski definition) is 5. The number of aliphatic hydroxyl groups is 1. The number of rotatable bonds is 3. The summed E-state index contributed by atoms with van der Waals surface area (Å²) in [4.78, 5) is 14.0. The van der Waals surface area contributed by atoms with Crippen molar-refractivity contribution in [3.05, 3.63) is 46.1 Å². The van der Waals surface area contributed by atoms with Gasteiger partial charge in [0, 0.05) is 19.4 Å².